The Morgan fingerprint density at radius 2 is 2.35 bits per heavy atom. The van der Waals surface area contributed by atoms with E-state index in [1.807, 2.05) is 25.1 Å². The van der Waals surface area contributed by atoms with E-state index in [0.29, 0.717) is 12.5 Å². The van der Waals surface area contributed by atoms with E-state index < -0.39 is 0 Å². The molecule has 0 radical (unpaired) electrons. The number of rotatable bonds is 3. The van der Waals surface area contributed by atoms with Crippen molar-refractivity contribution in [1.29, 1.82) is 0 Å². The number of aromatic nitrogens is 1. The number of nitrogens with one attached hydrogen (secondary N) is 1. The van der Waals surface area contributed by atoms with Gasteiger partial charge in [0.15, 0.2) is 0 Å². The van der Waals surface area contributed by atoms with Gasteiger partial charge in [0, 0.05) is 25.3 Å². The number of hydrogen-bond acceptors (Lipinski definition) is 5. The molecule has 0 saturated carbocycles. The number of ether oxygens (including phenoxy) is 2. The number of aryl methyl sites for hydroxylation is 1. The Balaban J connectivity index is 1.78. The molecule has 2 fully saturated rings. The van der Waals surface area contributed by atoms with Crippen LogP contribution >= 0.6 is 0 Å². The molecule has 3 rings (SSSR count). The first-order valence-corrected chi connectivity index (χ1v) is 7.34. The van der Waals surface area contributed by atoms with E-state index >= 15 is 0 Å². The predicted octanol–water partition coefficient (Wildman–Crippen LogP) is 1.48. The first kappa shape index (κ1) is 13.9. The molecule has 0 aromatic carbocycles. The normalized spacial score (nSPS) is 31.6. The van der Waals surface area contributed by atoms with E-state index in [-0.39, 0.29) is 11.6 Å². The molecule has 3 heterocycles. The Morgan fingerprint density at radius 1 is 1.45 bits per heavy atom. The van der Waals surface area contributed by atoms with Crippen LogP contribution in [0.4, 0.5) is 0 Å². The molecule has 5 nitrogen and oxygen atoms in total. The Bertz CT molecular complexity index is 460. The highest BCUT2D eigenvalue weighted by Gasteiger charge is 2.43. The summed E-state index contributed by atoms with van der Waals surface area (Å²) in [6.45, 7) is 4.30. The van der Waals surface area contributed by atoms with Crippen molar-refractivity contribution in [2.24, 2.45) is 11.8 Å². The molecular weight excluding hydrogens is 254 g/mol. The van der Waals surface area contributed by atoms with Crippen LogP contribution in [0.15, 0.2) is 18.2 Å². The van der Waals surface area contributed by atoms with Crippen LogP contribution in [0.2, 0.25) is 0 Å². The molecule has 0 aliphatic carbocycles. The molecule has 1 aromatic rings. The van der Waals surface area contributed by atoms with Gasteiger partial charge >= 0.3 is 0 Å². The maximum Gasteiger partial charge on any atom is 0.0940 e. The zero-order valence-corrected chi connectivity index (χ0v) is 12.0. The first-order chi connectivity index (χ1) is 9.72. The van der Waals surface area contributed by atoms with Gasteiger partial charge in [0.2, 0.25) is 0 Å². The van der Waals surface area contributed by atoms with Crippen LogP contribution in [0.5, 0.6) is 0 Å². The average molecular weight is 277 g/mol. The maximum absolute atomic E-state index is 6.00. The first-order valence-electron chi connectivity index (χ1n) is 7.34. The van der Waals surface area contributed by atoms with Crippen LogP contribution in [0, 0.1) is 12.8 Å². The van der Waals surface area contributed by atoms with Gasteiger partial charge in [-0.2, -0.15) is 0 Å². The van der Waals surface area contributed by atoms with Crippen LogP contribution < -0.4 is 11.3 Å². The van der Waals surface area contributed by atoms with Crippen molar-refractivity contribution >= 4 is 0 Å². The molecule has 3 unspecified atom stereocenters. The standard InChI is InChI=1S/C15H23N3O2/c1-11-3-2-4-13(17-11)14(18-16)12-5-7-20-15(9-12)6-8-19-10-15/h2-4,12,14,18H,5-10,16H2,1H3. The lowest BCUT2D eigenvalue weighted by Gasteiger charge is -2.40. The minimum Gasteiger partial charge on any atom is -0.378 e. The highest BCUT2D eigenvalue weighted by Crippen LogP contribution is 2.40. The van der Waals surface area contributed by atoms with Crippen LogP contribution in [0.25, 0.3) is 0 Å². The predicted molar refractivity (Wildman–Crippen MR) is 75.9 cm³/mol. The average Bonchev–Trinajstić information content (AvgIpc) is 2.88. The van der Waals surface area contributed by atoms with Gasteiger partial charge in [-0.25, -0.2) is 0 Å². The SMILES string of the molecule is Cc1cccc(C(NN)C2CCOC3(CCOC3)C2)n1. The van der Waals surface area contributed by atoms with E-state index in [9.17, 15) is 0 Å². The molecule has 2 aliphatic heterocycles. The molecule has 110 valence electrons. The smallest absolute Gasteiger partial charge is 0.0940 e. The van der Waals surface area contributed by atoms with Crippen molar-refractivity contribution in [3.8, 4) is 0 Å². The van der Waals surface area contributed by atoms with Crippen LogP contribution in [-0.2, 0) is 9.47 Å². The zero-order valence-electron chi connectivity index (χ0n) is 12.0. The van der Waals surface area contributed by atoms with E-state index in [0.717, 1.165) is 43.9 Å². The van der Waals surface area contributed by atoms with Gasteiger partial charge in [-0.1, -0.05) is 6.07 Å². The lowest BCUT2D eigenvalue weighted by Crippen LogP contribution is -2.45. The summed E-state index contributed by atoms with van der Waals surface area (Å²) in [4.78, 5) is 4.62. The molecule has 2 aliphatic rings. The second-order valence-corrected chi connectivity index (χ2v) is 5.94. The summed E-state index contributed by atoms with van der Waals surface area (Å²) in [5, 5.41) is 0. The van der Waals surface area contributed by atoms with Gasteiger partial charge in [-0.15, -0.1) is 0 Å². The molecule has 2 saturated heterocycles. The summed E-state index contributed by atoms with van der Waals surface area (Å²) in [7, 11) is 0. The van der Waals surface area contributed by atoms with Crippen LogP contribution in [-0.4, -0.2) is 30.4 Å². The summed E-state index contributed by atoms with van der Waals surface area (Å²) in [5.41, 5.74) is 4.91. The molecule has 5 heteroatoms. The largest absolute Gasteiger partial charge is 0.378 e. The van der Waals surface area contributed by atoms with E-state index in [1.54, 1.807) is 0 Å². The number of nitrogens with two attached hydrogens (primary N) is 1. The lowest BCUT2D eigenvalue weighted by atomic mass is 9.80. The van der Waals surface area contributed by atoms with Crippen molar-refractivity contribution in [3.63, 3.8) is 0 Å². The number of pyridine rings is 1. The van der Waals surface area contributed by atoms with Crippen LogP contribution in [0.3, 0.4) is 0 Å². The van der Waals surface area contributed by atoms with E-state index in [1.165, 1.54) is 0 Å². The fourth-order valence-electron chi connectivity index (χ4n) is 3.41. The second-order valence-electron chi connectivity index (χ2n) is 5.94. The summed E-state index contributed by atoms with van der Waals surface area (Å²) < 4.78 is 11.5. The van der Waals surface area contributed by atoms with Gasteiger partial charge in [0.05, 0.1) is 23.9 Å². The van der Waals surface area contributed by atoms with Crippen molar-refractivity contribution in [2.75, 3.05) is 19.8 Å². The number of hydrogen-bond donors (Lipinski definition) is 2. The van der Waals surface area contributed by atoms with Gasteiger partial charge in [-0.3, -0.25) is 16.3 Å². The maximum atomic E-state index is 6.00. The third kappa shape index (κ3) is 2.72. The molecule has 1 spiro atoms. The van der Waals surface area contributed by atoms with Gasteiger partial charge in [0.1, 0.15) is 0 Å². The molecule has 3 atom stereocenters. The monoisotopic (exact) mass is 277 g/mol. The van der Waals surface area contributed by atoms with Gasteiger partial charge < -0.3 is 9.47 Å². The fourth-order valence-corrected chi connectivity index (χ4v) is 3.41. The summed E-state index contributed by atoms with van der Waals surface area (Å²) >= 11 is 0. The van der Waals surface area contributed by atoms with Crippen molar-refractivity contribution < 1.29 is 9.47 Å². The molecule has 0 bridgehead atoms. The zero-order chi connectivity index (χ0) is 14.0. The lowest BCUT2D eigenvalue weighted by molar-refractivity contribution is -0.103. The molecule has 20 heavy (non-hydrogen) atoms. The molecule has 1 aromatic heterocycles. The minimum atomic E-state index is -0.0954. The minimum absolute atomic E-state index is 0.0799. The van der Waals surface area contributed by atoms with Gasteiger partial charge in [-0.05, 0) is 37.8 Å². The Kier molecular flexibility index (Phi) is 4.03. The van der Waals surface area contributed by atoms with Crippen molar-refractivity contribution in [3.05, 3.63) is 29.6 Å². The van der Waals surface area contributed by atoms with Crippen molar-refractivity contribution in [1.82, 2.24) is 10.4 Å². The molecule has 3 N–H and O–H groups in total. The highest BCUT2D eigenvalue weighted by atomic mass is 16.6. The Hall–Kier alpha value is -1.01. The van der Waals surface area contributed by atoms with E-state index in [4.69, 9.17) is 15.3 Å². The molecular formula is C15H23N3O2. The molecule has 0 amide bonds. The Morgan fingerprint density at radius 3 is 3.05 bits per heavy atom. The third-order valence-electron chi connectivity index (χ3n) is 4.48. The highest BCUT2D eigenvalue weighted by molar-refractivity contribution is 5.15. The second kappa shape index (κ2) is 5.77. The topological polar surface area (TPSA) is 69.4 Å². The summed E-state index contributed by atoms with van der Waals surface area (Å²) in [6.07, 6.45) is 2.98. The fraction of sp³-hybridized carbons (Fsp3) is 0.667. The Labute approximate surface area is 119 Å². The van der Waals surface area contributed by atoms with Crippen LogP contribution in [0.1, 0.15) is 36.7 Å². The number of hydrazine groups is 1. The van der Waals surface area contributed by atoms with Gasteiger partial charge in [0.25, 0.3) is 0 Å². The summed E-state index contributed by atoms with van der Waals surface area (Å²) in [6, 6.07) is 6.17. The third-order valence-corrected chi connectivity index (χ3v) is 4.48. The quantitative estimate of drug-likeness (QED) is 0.647. The number of nitrogens with zero attached hydrogens (tertiary/aromatic N) is 1. The summed E-state index contributed by atoms with van der Waals surface area (Å²) in [5.74, 6) is 6.25. The van der Waals surface area contributed by atoms with E-state index in [2.05, 4.69) is 10.4 Å². The van der Waals surface area contributed by atoms with Crippen molar-refractivity contribution in [2.45, 2.75) is 37.8 Å².